The van der Waals surface area contributed by atoms with E-state index in [-0.39, 0.29) is 18.4 Å². The van der Waals surface area contributed by atoms with Crippen molar-refractivity contribution in [3.8, 4) is 16.9 Å². The van der Waals surface area contributed by atoms with Crippen molar-refractivity contribution in [3.05, 3.63) is 84.7 Å². The zero-order valence-electron chi connectivity index (χ0n) is 17.9. The number of amides is 2. The average molecular weight is 430 g/mol. The van der Waals surface area contributed by atoms with Crippen molar-refractivity contribution in [1.82, 2.24) is 15.2 Å². The van der Waals surface area contributed by atoms with Crippen molar-refractivity contribution in [3.63, 3.8) is 0 Å². The standard InChI is InChI=1S/C26H27N3O3/c30-25(19-32-23-8-2-1-3-9-23)29(24-10-4-5-16-28-26(24)31)18-20-11-13-21(14-12-20)22-7-6-15-27-17-22/h1-3,6-9,11-15,17,24H,4-5,10,16,18-19H2,(H,28,31). The van der Waals surface area contributed by atoms with Crippen LogP contribution in [0.5, 0.6) is 5.75 Å². The monoisotopic (exact) mass is 429 g/mol. The topological polar surface area (TPSA) is 71.5 Å². The number of aromatic nitrogens is 1. The Morgan fingerprint density at radius 1 is 1.00 bits per heavy atom. The molecule has 0 spiro atoms. The number of para-hydroxylation sites is 1. The van der Waals surface area contributed by atoms with Crippen molar-refractivity contribution in [2.24, 2.45) is 0 Å². The number of nitrogens with zero attached hydrogens (tertiary/aromatic N) is 2. The van der Waals surface area contributed by atoms with Crippen LogP contribution in [0.4, 0.5) is 0 Å². The second-order valence-corrected chi connectivity index (χ2v) is 7.86. The highest BCUT2D eigenvalue weighted by molar-refractivity contribution is 5.88. The quantitative estimate of drug-likeness (QED) is 0.620. The van der Waals surface area contributed by atoms with Crippen molar-refractivity contribution in [2.75, 3.05) is 13.2 Å². The van der Waals surface area contributed by atoms with Gasteiger partial charge in [-0.1, -0.05) is 48.5 Å². The van der Waals surface area contributed by atoms with Crippen molar-refractivity contribution in [1.29, 1.82) is 0 Å². The first-order valence-electron chi connectivity index (χ1n) is 10.9. The van der Waals surface area contributed by atoms with E-state index in [9.17, 15) is 9.59 Å². The molecule has 1 unspecified atom stereocenters. The summed E-state index contributed by atoms with van der Waals surface area (Å²) in [6.07, 6.45) is 6.03. The van der Waals surface area contributed by atoms with E-state index in [2.05, 4.69) is 10.3 Å². The van der Waals surface area contributed by atoms with Gasteiger partial charge >= 0.3 is 0 Å². The Kier molecular flexibility index (Phi) is 7.12. The summed E-state index contributed by atoms with van der Waals surface area (Å²) in [6.45, 7) is 0.891. The van der Waals surface area contributed by atoms with Gasteiger partial charge in [-0.05, 0) is 54.2 Å². The van der Waals surface area contributed by atoms with Gasteiger partial charge in [0, 0.05) is 25.5 Å². The molecule has 1 fully saturated rings. The minimum atomic E-state index is -0.498. The normalized spacial score (nSPS) is 16.0. The Hall–Kier alpha value is -3.67. The Morgan fingerprint density at radius 3 is 2.56 bits per heavy atom. The second kappa shape index (κ2) is 10.6. The van der Waals surface area contributed by atoms with E-state index in [4.69, 9.17) is 4.74 Å². The molecule has 0 radical (unpaired) electrons. The molecule has 4 rings (SSSR count). The van der Waals surface area contributed by atoms with Crippen LogP contribution in [0, 0.1) is 0 Å². The molecule has 6 heteroatoms. The summed E-state index contributed by atoms with van der Waals surface area (Å²) in [5.41, 5.74) is 3.05. The van der Waals surface area contributed by atoms with Crippen molar-refractivity contribution >= 4 is 11.8 Å². The maximum absolute atomic E-state index is 13.2. The molecule has 0 bridgehead atoms. The minimum absolute atomic E-state index is 0.0949. The molecular weight excluding hydrogens is 402 g/mol. The summed E-state index contributed by atoms with van der Waals surface area (Å²) >= 11 is 0. The number of carbonyl (C=O) groups excluding carboxylic acids is 2. The van der Waals surface area contributed by atoms with Crippen LogP contribution in [-0.4, -0.2) is 40.9 Å². The van der Waals surface area contributed by atoms with Crippen molar-refractivity contribution in [2.45, 2.75) is 31.8 Å². The average Bonchev–Trinajstić information content (AvgIpc) is 3.07. The van der Waals surface area contributed by atoms with Crippen LogP contribution in [0.2, 0.25) is 0 Å². The lowest BCUT2D eigenvalue weighted by molar-refractivity contribution is -0.142. The zero-order chi connectivity index (χ0) is 22.2. The van der Waals surface area contributed by atoms with Crippen LogP contribution in [0.1, 0.15) is 24.8 Å². The first kappa shape index (κ1) is 21.6. The Balaban J connectivity index is 1.51. The summed E-state index contributed by atoms with van der Waals surface area (Å²) in [6, 6.07) is 20.7. The van der Waals surface area contributed by atoms with E-state index in [0.717, 1.165) is 29.5 Å². The van der Waals surface area contributed by atoms with Gasteiger partial charge in [0.15, 0.2) is 6.61 Å². The van der Waals surface area contributed by atoms with E-state index >= 15 is 0 Å². The molecular formula is C26H27N3O3. The third-order valence-corrected chi connectivity index (χ3v) is 5.61. The third-order valence-electron chi connectivity index (χ3n) is 5.61. The first-order valence-corrected chi connectivity index (χ1v) is 10.9. The molecule has 2 aromatic carbocycles. The van der Waals surface area contributed by atoms with Crippen LogP contribution >= 0.6 is 0 Å². The predicted octanol–water partition coefficient (Wildman–Crippen LogP) is 3.82. The molecule has 1 saturated heterocycles. The maximum Gasteiger partial charge on any atom is 0.261 e. The molecule has 0 aliphatic carbocycles. The number of ether oxygens (including phenoxy) is 1. The molecule has 2 heterocycles. The first-order chi connectivity index (χ1) is 15.7. The number of pyridine rings is 1. The van der Waals surface area contributed by atoms with Crippen LogP contribution in [0.15, 0.2) is 79.1 Å². The molecule has 3 aromatic rings. The van der Waals surface area contributed by atoms with Gasteiger partial charge in [-0.15, -0.1) is 0 Å². The molecule has 1 aromatic heterocycles. The largest absolute Gasteiger partial charge is 0.484 e. The number of hydrogen-bond donors (Lipinski definition) is 1. The van der Waals surface area contributed by atoms with Crippen LogP contribution < -0.4 is 10.1 Å². The van der Waals surface area contributed by atoms with Gasteiger partial charge in [0.2, 0.25) is 5.91 Å². The summed E-state index contributed by atoms with van der Waals surface area (Å²) in [5, 5.41) is 2.94. The molecule has 1 N–H and O–H groups in total. The Labute approximate surface area is 188 Å². The fourth-order valence-corrected chi connectivity index (χ4v) is 3.87. The number of nitrogens with one attached hydrogen (secondary N) is 1. The highest BCUT2D eigenvalue weighted by Crippen LogP contribution is 2.21. The summed E-state index contributed by atoms with van der Waals surface area (Å²) < 4.78 is 5.69. The van der Waals surface area contributed by atoms with E-state index in [0.29, 0.717) is 25.3 Å². The van der Waals surface area contributed by atoms with E-state index in [1.807, 2.05) is 72.9 Å². The Bertz CT molecular complexity index is 1020. The van der Waals surface area contributed by atoms with E-state index in [1.165, 1.54) is 0 Å². The zero-order valence-corrected chi connectivity index (χ0v) is 17.9. The molecule has 1 aliphatic rings. The summed E-state index contributed by atoms with van der Waals surface area (Å²) in [7, 11) is 0. The SMILES string of the molecule is O=C1NCCCCC1N(Cc1ccc(-c2cccnc2)cc1)C(=O)COc1ccccc1. The summed E-state index contributed by atoms with van der Waals surface area (Å²) in [5.74, 6) is 0.335. The van der Waals surface area contributed by atoms with Gasteiger partial charge < -0.3 is 15.0 Å². The fraction of sp³-hybridized carbons (Fsp3) is 0.269. The number of benzene rings is 2. The predicted molar refractivity (Wildman–Crippen MR) is 123 cm³/mol. The van der Waals surface area contributed by atoms with Gasteiger partial charge in [-0.2, -0.15) is 0 Å². The number of hydrogen-bond acceptors (Lipinski definition) is 4. The highest BCUT2D eigenvalue weighted by Gasteiger charge is 2.31. The number of rotatable bonds is 7. The minimum Gasteiger partial charge on any atom is -0.484 e. The molecule has 0 saturated carbocycles. The van der Waals surface area contributed by atoms with Gasteiger partial charge in [-0.25, -0.2) is 0 Å². The van der Waals surface area contributed by atoms with Gasteiger partial charge in [0.1, 0.15) is 11.8 Å². The molecule has 32 heavy (non-hydrogen) atoms. The van der Waals surface area contributed by atoms with Gasteiger partial charge in [-0.3, -0.25) is 14.6 Å². The maximum atomic E-state index is 13.2. The fourth-order valence-electron chi connectivity index (χ4n) is 3.87. The highest BCUT2D eigenvalue weighted by atomic mass is 16.5. The Morgan fingerprint density at radius 2 is 1.81 bits per heavy atom. The molecule has 2 amide bonds. The van der Waals surface area contributed by atoms with E-state index in [1.54, 1.807) is 11.1 Å². The lowest BCUT2D eigenvalue weighted by atomic mass is 10.0. The van der Waals surface area contributed by atoms with Crippen molar-refractivity contribution < 1.29 is 14.3 Å². The van der Waals surface area contributed by atoms with Crippen LogP contribution in [-0.2, 0) is 16.1 Å². The second-order valence-electron chi connectivity index (χ2n) is 7.86. The molecule has 164 valence electrons. The van der Waals surface area contributed by atoms with Gasteiger partial charge in [0.25, 0.3) is 5.91 Å². The lowest BCUT2D eigenvalue weighted by Gasteiger charge is -2.30. The smallest absolute Gasteiger partial charge is 0.261 e. The molecule has 6 nitrogen and oxygen atoms in total. The van der Waals surface area contributed by atoms with Crippen LogP contribution in [0.3, 0.4) is 0 Å². The third kappa shape index (κ3) is 5.52. The van der Waals surface area contributed by atoms with Gasteiger partial charge in [0.05, 0.1) is 0 Å². The molecule has 1 aliphatic heterocycles. The van der Waals surface area contributed by atoms with E-state index < -0.39 is 6.04 Å². The summed E-state index contributed by atoms with van der Waals surface area (Å²) in [4.78, 5) is 31.7. The number of carbonyl (C=O) groups is 2. The lowest BCUT2D eigenvalue weighted by Crippen LogP contribution is -2.49. The van der Waals surface area contributed by atoms with Crippen LogP contribution in [0.25, 0.3) is 11.1 Å². The molecule has 1 atom stereocenters.